The molecule has 0 aliphatic heterocycles. The van der Waals surface area contributed by atoms with Gasteiger partial charge in [0.2, 0.25) is 0 Å². The summed E-state index contributed by atoms with van der Waals surface area (Å²) in [6.45, 7) is -1.04. The minimum atomic E-state index is -1.04. The maximum absolute atomic E-state index is 11.7. The molecule has 0 spiro atoms. The van der Waals surface area contributed by atoms with Crippen LogP contribution >= 0.6 is 0 Å². The lowest BCUT2D eigenvalue weighted by molar-refractivity contribution is -0.115. The molecule has 2 N–H and O–H groups in total. The lowest BCUT2D eigenvalue weighted by atomic mass is 10.2. The van der Waals surface area contributed by atoms with Gasteiger partial charge in [0.1, 0.15) is 0 Å². The van der Waals surface area contributed by atoms with E-state index >= 15 is 0 Å². The van der Waals surface area contributed by atoms with Gasteiger partial charge in [0.25, 0.3) is 0 Å². The number of hydrogen-bond donors (Lipinski definition) is 2. The zero-order chi connectivity index (χ0) is 10.6. The lowest BCUT2D eigenvalue weighted by Crippen LogP contribution is -1.92. The van der Waals surface area contributed by atoms with E-state index in [2.05, 4.69) is 0 Å². The summed E-state index contributed by atoms with van der Waals surface area (Å²) in [5.41, 5.74) is 0.516. The standard InChI is InChI=1S/C10H9FO3/c11-6-8(12)3-1-7-2-4-9(13)10(14)5-7/h1-5,13-14H,6H2/b3-1+. The fraction of sp³-hybridized carbons (Fsp3) is 0.100. The van der Waals surface area contributed by atoms with Crippen LogP contribution in [0.2, 0.25) is 0 Å². The number of benzene rings is 1. The van der Waals surface area contributed by atoms with Crippen LogP contribution in [0.4, 0.5) is 4.39 Å². The van der Waals surface area contributed by atoms with Gasteiger partial charge >= 0.3 is 0 Å². The van der Waals surface area contributed by atoms with Gasteiger partial charge in [0.05, 0.1) is 0 Å². The molecular formula is C10H9FO3. The molecule has 0 atom stereocenters. The fourth-order valence-electron chi connectivity index (χ4n) is 0.878. The van der Waals surface area contributed by atoms with Crippen molar-refractivity contribution in [3.05, 3.63) is 29.8 Å². The van der Waals surface area contributed by atoms with Crippen LogP contribution in [0.5, 0.6) is 11.5 Å². The Bertz CT molecular complexity index is 372. The molecule has 0 fully saturated rings. The molecule has 0 saturated heterocycles. The van der Waals surface area contributed by atoms with Crippen LogP contribution < -0.4 is 0 Å². The molecule has 0 amide bonds. The first-order valence-electron chi connectivity index (χ1n) is 3.92. The van der Waals surface area contributed by atoms with Crippen molar-refractivity contribution in [1.29, 1.82) is 0 Å². The average Bonchev–Trinajstić information content (AvgIpc) is 2.19. The SMILES string of the molecule is O=C(/C=C/c1ccc(O)c(O)c1)CF. The van der Waals surface area contributed by atoms with Crippen LogP contribution in [0.1, 0.15) is 5.56 Å². The van der Waals surface area contributed by atoms with Crippen molar-refractivity contribution in [2.75, 3.05) is 6.67 Å². The van der Waals surface area contributed by atoms with E-state index in [9.17, 15) is 9.18 Å². The van der Waals surface area contributed by atoms with Crippen LogP contribution in [0.3, 0.4) is 0 Å². The number of phenols is 2. The second kappa shape index (κ2) is 4.41. The van der Waals surface area contributed by atoms with Crippen LogP contribution in [0.15, 0.2) is 24.3 Å². The molecule has 0 bridgehead atoms. The third-order valence-corrected chi connectivity index (χ3v) is 1.59. The average molecular weight is 196 g/mol. The molecule has 0 heterocycles. The summed E-state index contributed by atoms with van der Waals surface area (Å²) in [4.78, 5) is 10.6. The van der Waals surface area contributed by atoms with Crippen LogP contribution in [-0.4, -0.2) is 22.7 Å². The molecule has 3 nitrogen and oxygen atoms in total. The van der Waals surface area contributed by atoms with Crippen LogP contribution in [0, 0.1) is 0 Å². The van der Waals surface area contributed by atoms with Gasteiger partial charge in [-0.25, -0.2) is 4.39 Å². The highest BCUT2D eigenvalue weighted by Gasteiger charge is 1.98. The molecule has 1 aromatic rings. The Labute approximate surface area is 80.1 Å². The van der Waals surface area contributed by atoms with Gasteiger partial charge in [-0.3, -0.25) is 4.79 Å². The molecule has 4 heteroatoms. The van der Waals surface area contributed by atoms with Crippen molar-refractivity contribution in [3.63, 3.8) is 0 Å². The topological polar surface area (TPSA) is 57.5 Å². The van der Waals surface area contributed by atoms with Gasteiger partial charge in [-0.05, 0) is 23.8 Å². The highest BCUT2D eigenvalue weighted by atomic mass is 19.1. The van der Waals surface area contributed by atoms with Crippen molar-refractivity contribution in [2.45, 2.75) is 0 Å². The first-order valence-corrected chi connectivity index (χ1v) is 3.92. The number of alkyl halides is 1. The van der Waals surface area contributed by atoms with Gasteiger partial charge in [-0.1, -0.05) is 12.1 Å². The first-order chi connectivity index (χ1) is 6.63. The van der Waals surface area contributed by atoms with Gasteiger partial charge in [-0.15, -0.1) is 0 Å². The minimum Gasteiger partial charge on any atom is -0.504 e. The Morgan fingerprint density at radius 2 is 2.07 bits per heavy atom. The Kier molecular flexibility index (Phi) is 3.23. The second-order valence-electron chi connectivity index (χ2n) is 2.68. The summed E-state index contributed by atoms with van der Waals surface area (Å²) < 4.78 is 11.7. The van der Waals surface area contributed by atoms with E-state index in [-0.39, 0.29) is 11.5 Å². The van der Waals surface area contributed by atoms with E-state index in [1.165, 1.54) is 24.3 Å². The predicted octanol–water partition coefficient (Wildman–Crippen LogP) is 1.65. The molecule has 0 aliphatic rings. The number of hydrogen-bond acceptors (Lipinski definition) is 3. The normalized spacial score (nSPS) is 10.6. The molecule has 0 saturated carbocycles. The molecule has 74 valence electrons. The summed E-state index contributed by atoms with van der Waals surface area (Å²) in [7, 11) is 0. The minimum absolute atomic E-state index is 0.237. The number of rotatable bonds is 3. The largest absolute Gasteiger partial charge is 0.504 e. The third kappa shape index (κ3) is 2.58. The van der Waals surface area contributed by atoms with Crippen molar-refractivity contribution in [3.8, 4) is 11.5 Å². The van der Waals surface area contributed by atoms with Crippen molar-refractivity contribution in [2.24, 2.45) is 0 Å². The quantitative estimate of drug-likeness (QED) is 0.570. The Hall–Kier alpha value is -1.84. The van der Waals surface area contributed by atoms with Gasteiger partial charge in [-0.2, -0.15) is 0 Å². The molecule has 14 heavy (non-hydrogen) atoms. The second-order valence-corrected chi connectivity index (χ2v) is 2.68. The Morgan fingerprint density at radius 1 is 1.36 bits per heavy atom. The van der Waals surface area contributed by atoms with E-state index in [4.69, 9.17) is 10.2 Å². The molecule has 0 aromatic heterocycles. The zero-order valence-corrected chi connectivity index (χ0v) is 7.27. The maximum atomic E-state index is 11.7. The number of allylic oxidation sites excluding steroid dienone is 1. The van der Waals surface area contributed by atoms with E-state index in [0.29, 0.717) is 5.56 Å². The monoisotopic (exact) mass is 196 g/mol. The maximum Gasteiger partial charge on any atom is 0.186 e. The van der Waals surface area contributed by atoms with Crippen LogP contribution in [-0.2, 0) is 4.79 Å². The first kappa shape index (κ1) is 10.2. The summed E-state index contributed by atoms with van der Waals surface area (Å²) >= 11 is 0. The fourth-order valence-corrected chi connectivity index (χ4v) is 0.878. The zero-order valence-electron chi connectivity index (χ0n) is 7.27. The summed E-state index contributed by atoms with van der Waals surface area (Å²) in [6.07, 6.45) is 2.44. The van der Waals surface area contributed by atoms with E-state index in [1.807, 2.05) is 0 Å². The van der Waals surface area contributed by atoms with Gasteiger partial charge < -0.3 is 10.2 Å². The molecule has 1 aromatic carbocycles. The Balaban J connectivity index is 2.83. The highest BCUT2D eigenvalue weighted by Crippen LogP contribution is 2.25. The number of halogens is 1. The Morgan fingerprint density at radius 3 is 2.64 bits per heavy atom. The van der Waals surface area contributed by atoms with Gasteiger partial charge in [0.15, 0.2) is 24.0 Å². The van der Waals surface area contributed by atoms with Crippen LogP contribution in [0.25, 0.3) is 6.08 Å². The molecule has 1 rings (SSSR count). The number of carbonyl (C=O) groups is 1. The van der Waals surface area contributed by atoms with E-state index < -0.39 is 12.5 Å². The van der Waals surface area contributed by atoms with Gasteiger partial charge in [0, 0.05) is 0 Å². The smallest absolute Gasteiger partial charge is 0.186 e. The van der Waals surface area contributed by atoms with E-state index in [1.54, 1.807) is 0 Å². The molecule has 0 radical (unpaired) electrons. The van der Waals surface area contributed by atoms with Crippen molar-refractivity contribution in [1.82, 2.24) is 0 Å². The summed E-state index contributed by atoms with van der Waals surface area (Å²) in [6, 6.07) is 4.06. The number of ketones is 1. The number of carbonyl (C=O) groups excluding carboxylic acids is 1. The van der Waals surface area contributed by atoms with E-state index in [0.717, 1.165) is 6.08 Å². The number of phenolic OH excluding ortho intramolecular Hbond substituents is 2. The molecule has 0 aliphatic carbocycles. The molecular weight excluding hydrogens is 187 g/mol. The summed E-state index contributed by atoms with van der Waals surface area (Å²) in [5, 5.41) is 18.0. The number of aromatic hydroxyl groups is 2. The van der Waals surface area contributed by atoms with Crippen molar-refractivity contribution >= 4 is 11.9 Å². The lowest BCUT2D eigenvalue weighted by Gasteiger charge is -1.97. The third-order valence-electron chi connectivity index (χ3n) is 1.59. The highest BCUT2D eigenvalue weighted by molar-refractivity contribution is 5.94. The molecule has 0 unspecified atom stereocenters. The van der Waals surface area contributed by atoms with Crippen molar-refractivity contribution < 1.29 is 19.4 Å². The summed E-state index contributed by atoms with van der Waals surface area (Å²) in [5.74, 6) is -1.16. The predicted molar refractivity (Wildman–Crippen MR) is 49.8 cm³/mol.